The fraction of sp³-hybridized carbons (Fsp3) is 0.467. The molecule has 116 valence electrons. The fourth-order valence-electron chi connectivity index (χ4n) is 1.94. The molecule has 21 heavy (non-hydrogen) atoms. The molecule has 1 aromatic rings. The van der Waals surface area contributed by atoms with E-state index in [-0.39, 0.29) is 25.1 Å². The van der Waals surface area contributed by atoms with Gasteiger partial charge in [0.05, 0.1) is 25.0 Å². The summed E-state index contributed by atoms with van der Waals surface area (Å²) in [5.74, 6) is -0.443. The Morgan fingerprint density at radius 3 is 2.52 bits per heavy atom. The van der Waals surface area contributed by atoms with Crippen LogP contribution in [0.25, 0.3) is 0 Å². The van der Waals surface area contributed by atoms with Crippen LogP contribution >= 0.6 is 0 Å². The number of para-hydroxylation sites is 1. The van der Waals surface area contributed by atoms with E-state index in [4.69, 9.17) is 15.2 Å². The standard InChI is InChI=1S/C15H22N2O4/c1-5-21-13(18)9-17(10(2)3)15(19)11-7-6-8-12(16)14(11)20-4/h6-8,10H,5,9,16H2,1-4H3. The summed E-state index contributed by atoms with van der Waals surface area (Å²) in [6.45, 7) is 5.55. The molecule has 2 N–H and O–H groups in total. The summed E-state index contributed by atoms with van der Waals surface area (Å²) in [5, 5.41) is 0. The Kier molecular flexibility index (Phi) is 6.02. The van der Waals surface area contributed by atoms with Gasteiger partial charge in [-0.1, -0.05) is 6.07 Å². The molecule has 0 radical (unpaired) electrons. The van der Waals surface area contributed by atoms with Gasteiger partial charge in [-0.2, -0.15) is 0 Å². The van der Waals surface area contributed by atoms with E-state index in [1.165, 1.54) is 12.0 Å². The van der Waals surface area contributed by atoms with Crippen molar-refractivity contribution >= 4 is 17.6 Å². The third-order valence-electron chi connectivity index (χ3n) is 2.97. The predicted molar refractivity (Wildman–Crippen MR) is 80.2 cm³/mol. The lowest BCUT2D eigenvalue weighted by molar-refractivity contribution is -0.144. The van der Waals surface area contributed by atoms with Gasteiger partial charge in [0.2, 0.25) is 0 Å². The van der Waals surface area contributed by atoms with E-state index in [1.54, 1.807) is 25.1 Å². The summed E-state index contributed by atoms with van der Waals surface area (Å²) in [7, 11) is 1.45. The number of amides is 1. The number of hydrogen-bond donors (Lipinski definition) is 1. The van der Waals surface area contributed by atoms with Crippen molar-refractivity contribution in [2.75, 3.05) is 26.0 Å². The van der Waals surface area contributed by atoms with Crippen molar-refractivity contribution in [3.05, 3.63) is 23.8 Å². The molecule has 0 aliphatic rings. The van der Waals surface area contributed by atoms with Gasteiger partial charge in [0.1, 0.15) is 6.54 Å². The third-order valence-corrected chi connectivity index (χ3v) is 2.97. The Bertz CT molecular complexity index is 514. The zero-order chi connectivity index (χ0) is 16.0. The maximum Gasteiger partial charge on any atom is 0.325 e. The molecular formula is C15H22N2O4. The van der Waals surface area contributed by atoms with Gasteiger partial charge in [-0.3, -0.25) is 9.59 Å². The summed E-state index contributed by atoms with van der Waals surface area (Å²) < 4.78 is 10.1. The van der Waals surface area contributed by atoms with Crippen molar-refractivity contribution in [2.24, 2.45) is 0 Å². The Morgan fingerprint density at radius 2 is 2.00 bits per heavy atom. The fourth-order valence-corrected chi connectivity index (χ4v) is 1.94. The molecule has 1 amide bonds. The Balaban J connectivity index is 3.07. The number of esters is 1. The number of anilines is 1. The van der Waals surface area contributed by atoms with E-state index in [1.807, 2.05) is 13.8 Å². The minimum absolute atomic E-state index is 0.109. The Hall–Kier alpha value is -2.24. The second kappa shape index (κ2) is 7.52. The molecular weight excluding hydrogens is 272 g/mol. The highest BCUT2D eigenvalue weighted by Crippen LogP contribution is 2.27. The molecule has 0 unspecified atom stereocenters. The molecule has 0 fully saturated rings. The summed E-state index contributed by atoms with van der Waals surface area (Å²) in [6, 6.07) is 4.79. The highest BCUT2D eigenvalue weighted by Gasteiger charge is 2.25. The van der Waals surface area contributed by atoms with E-state index in [0.717, 1.165) is 0 Å². The van der Waals surface area contributed by atoms with Crippen LogP contribution in [0.3, 0.4) is 0 Å². The average molecular weight is 294 g/mol. The Morgan fingerprint density at radius 1 is 1.33 bits per heavy atom. The van der Waals surface area contributed by atoms with Gasteiger partial charge in [0.15, 0.2) is 5.75 Å². The molecule has 6 heteroatoms. The van der Waals surface area contributed by atoms with Crippen molar-refractivity contribution in [1.82, 2.24) is 4.90 Å². The number of carbonyl (C=O) groups excluding carboxylic acids is 2. The lowest BCUT2D eigenvalue weighted by atomic mass is 10.1. The van der Waals surface area contributed by atoms with Crippen LogP contribution in [0.2, 0.25) is 0 Å². The lowest BCUT2D eigenvalue weighted by Crippen LogP contribution is -2.41. The SMILES string of the molecule is CCOC(=O)CN(C(=O)c1cccc(N)c1OC)C(C)C. The van der Waals surface area contributed by atoms with E-state index in [9.17, 15) is 9.59 Å². The maximum atomic E-state index is 12.6. The Labute approximate surface area is 124 Å². The molecule has 0 aromatic heterocycles. The number of ether oxygens (including phenoxy) is 2. The second-order valence-corrected chi connectivity index (χ2v) is 4.76. The minimum Gasteiger partial charge on any atom is -0.494 e. The number of methoxy groups -OCH3 is 1. The number of nitrogens with zero attached hydrogens (tertiary/aromatic N) is 1. The van der Waals surface area contributed by atoms with Crippen LogP contribution in [-0.2, 0) is 9.53 Å². The number of benzene rings is 1. The van der Waals surface area contributed by atoms with Crippen LogP contribution in [0, 0.1) is 0 Å². The smallest absolute Gasteiger partial charge is 0.325 e. The number of rotatable bonds is 6. The molecule has 0 saturated heterocycles. The van der Waals surface area contributed by atoms with Crippen LogP contribution in [0.4, 0.5) is 5.69 Å². The maximum absolute atomic E-state index is 12.6. The lowest BCUT2D eigenvalue weighted by Gasteiger charge is -2.26. The zero-order valence-electron chi connectivity index (χ0n) is 12.9. The second-order valence-electron chi connectivity index (χ2n) is 4.76. The third kappa shape index (κ3) is 4.11. The first-order valence-corrected chi connectivity index (χ1v) is 6.81. The summed E-state index contributed by atoms with van der Waals surface area (Å²) in [6.07, 6.45) is 0. The molecule has 1 rings (SSSR count). The van der Waals surface area contributed by atoms with Gasteiger partial charge >= 0.3 is 5.97 Å². The van der Waals surface area contributed by atoms with E-state index in [2.05, 4.69) is 0 Å². The van der Waals surface area contributed by atoms with Gasteiger partial charge in [0.25, 0.3) is 5.91 Å². The molecule has 6 nitrogen and oxygen atoms in total. The summed E-state index contributed by atoms with van der Waals surface area (Å²) >= 11 is 0. The van der Waals surface area contributed by atoms with E-state index < -0.39 is 5.97 Å². The topological polar surface area (TPSA) is 81.9 Å². The van der Waals surface area contributed by atoms with Gasteiger partial charge < -0.3 is 20.1 Å². The number of hydrogen-bond acceptors (Lipinski definition) is 5. The van der Waals surface area contributed by atoms with Crippen LogP contribution in [0.1, 0.15) is 31.1 Å². The molecule has 0 saturated carbocycles. The largest absolute Gasteiger partial charge is 0.494 e. The molecule has 0 aliphatic heterocycles. The molecule has 0 spiro atoms. The average Bonchev–Trinajstić information content (AvgIpc) is 2.43. The monoisotopic (exact) mass is 294 g/mol. The summed E-state index contributed by atoms with van der Waals surface area (Å²) in [4.78, 5) is 25.7. The van der Waals surface area contributed by atoms with Crippen molar-refractivity contribution in [1.29, 1.82) is 0 Å². The first-order chi connectivity index (χ1) is 9.92. The van der Waals surface area contributed by atoms with E-state index in [0.29, 0.717) is 17.0 Å². The van der Waals surface area contributed by atoms with Gasteiger partial charge in [-0.25, -0.2) is 0 Å². The van der Waals surface area contributed by atoms with Crippen molar-refractivity contribution in [2.45, 2.75) is 26.8 Å². The number of nitrogen functional groups attached to an aromatic ring is 1. The van der Waals surface area contributed by atoms with Crippen molar-refractivity contribution in [3.8, 4) is 5.75 Å². The van der Waals surface area contributed by atoms with Crippen LogP contribution in [-0.4, -0.2) is 43.1 Å². The summed E-state index contributed by atoms with van der Waals surface area (Å²) in [5.41, 5.74) is 6.51. The first-order valence-electron chi connectivity index (χ1n) is 6.81. The molecule has 0 atom stereocenters. The van der Waals surface area contributed by atoms with Crippen LogP contribution in [0.15, 0.2) is 18.2 Å². The van der Waals surface area contributed by atoms with E-state index >= 15 is 0 Å². The number of carbonyl (C=O) groups is 2. The normalized spacial score (nSPS) is 10.3. The highest BCUT2D eigenvalue weighted by molar-refractivity contribution is 6.00. The highest BCUT2D eigenvalue weighted by atomic mass is 16.5. The van der Waals surface area contributed by atoms with Gasteiger partial charge in [-0.15, -0.1) is 0 Å². The van der Waals surface area contributed by atoms with Crippen LogP contribution in [0.5, 0.6) is 5.75 Å². The van der Waals surface area contributed by atoms with Gasteiger partial charge in [0, 0.05) is 6.04 Å². The minimum atomic E-state index is -0.442. The number of nitrogens with two attached hydrogens (primary N) is 1. The first kappa shape index (κ1) is 16.8. The molecule has 0 bridgehead atoms. The van der Waals surface area contributed by atoms with Gasteiger partial charge in [-0.05, 0) is 32.9 Å². The molecule has 1 aromatic carbocycles. The molecule has 0 aliphatic carbocycles. The molecule has 0 heterocycles. The zero-order valence-corrected chi connectivity index (χ0v) is 12.9. The quantitative estimate of drug-likeness (QED) is 0.638. The van der Waals surface area contributed by atoms with Crippen molar-refractivity contribution < 1.29 is 19.1 Å². The van der Waals surface area contributed by atoms with Crippen molar-refractivity contribution in [3.63, 3.8) is 0 Å². The van der Waals surface area contributed by atoms with Crippen LogP contribution < -0.4 is 10.5 Å². The predicted octanol–water partition coefficient (Wildman–Crippen LogP) is 1.69.